The van der Waals surface area contributed by atoms with Crippen LogP contribution in [0.5, 0.6) is 5.75 Å². The second-order valence-electron chi connectivity index (χ2n) is 4.79. The Morgan fingerprint density at radius 3 is 2.47 bits per heavy atom. The van der Waals surface area contributed by atoms with Gasteiger partial charge in [0.2, 0.25) is 0 Å². The van der Waals surface area contributed by atoms with E-state index in [1.807, 2.05) is 6.92 Å². The molecule has 0 aliphatic rings. The van der Waals surface area contributed by atoms with Gasteiger partial charge >= 0.3 is 0 Å². The number of aliphatic hydroxyl groups excluding tert-OH is 1. The van der Waals surface area contributed by atoms with Crippen molar-refractivity contribution in [3.05, 3.63) is 29.8 Å². The molecule has 4 heteroatoms. The number of nitrogens with one attached hydrogen (secondary N) is 1. The SMILES string of the molecule is CCCC(C)NC(=O)COc1ccc(C(C)O)cc1. The molecule has 0 aromatic heterocycles. The first-order valence-corrected chi connectivity index (χ1v) is 6.73. The lowest BCUT2D eigenvalue weighted by Gasteiger charge is -2.13. The van der Waals surface area contributed by atoms with Crippen molar-refractivity contribution in [3.63, 3.8) is 0 Å². The summed E-state index contributed by atoms with van der Waals surface area (Å²) < 4.78 is 5.39. The number of ether oxygens (including phenoxy) is 1. The van der Waals surface area contributed by atoms with Crippen LogP contribution in [0, 0.1) is 0 Å². The monoisotopic (exact) mass is 265 g/mol. The van der Waals surface area contributed by atoms with Gasteiger partial charge in [-0.15, -0.1) is 0 Å². The molecule has 0 heterocycles. The molecule has 0 radical (unpaired) electrons. The zero-order chi connectivity index (χ0) is 14.3. The average Bonchev–Trinajstić information content (AvgIpc) is 2.37. The van der Waals surface area contributed by atoms with E-state index < -0.39 is 6.10 Å². The Hall–Kier alpha value is -1.55. The zero-order valence-electron chi connectivity index (χ0n) is 11.8. The molecule has 0 aliphatic carbocycles. The Morgan fingerprint density at radius 1 is 1.32 bits per heavy atom. The maximum atomic E-state index is 11.6. The Balaban J connectivity index is 2.37. The number of carbonyl (C=O) groups is 1. The fraction of sp³-hybridized carbons (Fsp3) is 0.533. The minimum Gasteiger partial charge on any atom is -0.484 e. The highest BCUT2D eigenvalue weighted by Crippen LogP contribution is 2.17. The van der Waals surface area contributed by atoms with Gasteiger partial charge in [0.25, 0.3) is 5.91 Å². The summed E-state index contributed by atoms with van der Waals surface area (Å²) in [7, 11) is 0. The molecule has 2 atom stereocenters. The lowest BCUT2D eigenvalue weighted by Crippen LogP contribution is -2.35. The predicted octanol–water partition coefficient (Wildman–Crippen LogP) is 2.42. The summed E-state index contributed by atoms with van der Waals surface area (Å²) >= 11 is 0. The molecule has 106 valence electrons. The number of rotatable bonds is 7. The standard InChI is InChI=1S/C15H23NO3/c1-4-5-11(2)16-15(18)10-19-14-8-6-13(7-9-14)12(3)17/h6-9,11-12,17H,4-5,10H2,1-3H3,(H,16,18). The molecule has 1 rings (SSSR count). The Morgan fingerprint density at radius 2 is 1.95 bits per heavy atom. The topological polar surface area (TPSA) is 58.6 Å². The molecule has 1 aromatic rings. The molecule has 0 bridgehead atoms. The highest BCUT2D eigenvalue weighted by molar-refractivity contribution is 5.77. The van der Waals surface area contributed by atoms with Crippen LogP contribution in [0.3, 0.4) is 0 Å². The maximum absolute atomic E-state index is 11.6. The lowest BCUT2D eigenvalue weighted by atomic mass is 10.1. The van der Waals surface area contributed by atoms with Crippen molar-refractivity contribution in [2.75, 3.05) is 6.61 Å². The van der Waals surface area contributed by atoms with Crippen molar-refractivity contribution in [2.45, 2.75) is 45.8 Å². The van der Waals surface area contributed by atoms with Crippen LogP contribution in [0.1, 0.15) is 45.3 Å². The second-order valence-corrected chi connectivity index (χ2v) is 4.79. The molecule has 1 aromatic carbocycles. The molecule has 4 nitrogen and oxygen atoms in total. The van der Waals surface area contributed by atoms with Crippen molar-refractivity contribution >= 4 is 5.91 Å². The van der Waals surface area contributed by atoms with Gasteiger partial charge in [-0.1, -0.05) is 25.5 Å². The molecular formula is C15H23NO3. The van der Waals surface area contributed by atoms with E-state index in [-0.39, 0.29) is 18.6 Å². The summed E-state index contributed by atoms with van der Waals surface area (Å²) in [6.07, 6.45) is 1.52. The largest absolute Gasteiger partial charge is 0.484 e. The van der Waals surface area contributed by atoms with Crippen LogP contribution < -0.4 is 10.1 Å². The van der Waals surface area contributed by atoms with Crippen LogP contribution in [0.25, 0.3) is 0 Å². The summed E-state index contributed by atoms with van der Waals surface area (Å²) in [6.45, 7) is 5.79. The first-order valence-electron chi connectivity index (χ1n) is 6.73. The molecule has 1 amide bonds. The summed E-state index contributed by atoms with van der Waals surface area (Å²) in [6, 6.07) is 7.27. The van der Waals surface area contributed by atoms with Crippen LogP contribution in [-0.2, 0) is 4.79 Å². The van der Waals surface area contributed by atoms with Gasteiger partial charge in [-0.05, 0) is 38.0 Å². The van der Waals surface area contributed by atoms with Gasteiger partial charge in [0.05, 0.1) is 6.10 Å². The number of carbonyl (C=O) groups excluding carboxylic acids is 1. The van der Waals surface area contributed by atoms with Gasteiger partial charge in [0.1, 0.15) is 5.75 Å². The van der Waals surface area contributed by atoms with E-state index in [4.69, 9.17) is 4.74 Å². The normalized spacial score (nSPS) is 13.7. The predicted molar refractivity (Wildman–Crippen MR) is 75.1 cm³/mol. The summed E-state index contributed by atoms with van der Waals surface area (Å²) in [5.41, 5.74) is 0.827. The van der Waals surface area contributed by atoms with Crippen molar-refractivity contribution in [2.24, 2.45) is 0 Å². The third kappa shape index (κ3) is 5.75. The first-order chi connectivity index (χ1) is 9.02. The minimum absolute atomic E-state index is 0.0160. The first kappa shape index (κ1) is 15.5. The Kier molecular flexibility index (Phi) is 6.36. The third-order valence-electron chi connectivity index (χ3n) is 2.86. The molecule has 0 aliphatic heterocycles. The molecule has 0 saturated heterocycles. The second kappa shape index (κ2) is 7.79. The van der Waals surface area contributed by atoms with Crippen LogP contribution in [-0.4, -0.2) is 23.7 Å². The van der Waals surface area contributed by atoms with Gasteiger partial charge in [0, 0.05) is 6.04 Å². The zero-order valence-corrected chi connectivity index (χ0v) is 11.8. The van der Waals surface area contributed by atoms with Gasteiger partial charge in [-0.3, -0.25) is 4.79 Å². The summed E-state index contributed by atoms with van der Waals surface area (Å²) in [5, 5.41) is 12.3. The van der Waals surface area contributed by atoms with Gasteiger partial charge in [0.15, 0.2) is 6.61 Å². The van der Waals surface area contributed by atoms with E-state index in [0.29, 0.717) is 5.75 Å². The molecule has 0 fully saturated rings. The summed E-state index contributed by atoms with van der Waals surface area (Å²) in [5.74, 6) is 0.517. The van der Waals surface area contributed by atoms with E-state index in [0.717, 1.165) is 18.4 Å². The van der Waals surface area contributed by atoms with Crippen molar-refractivity contribution in [1.29, 1.82) is 0 Å². The fourth-order valence-corrected chi connectivity index (χ4v) is 1.81. The van der Waals surface area contributed by atoms with Crippen LogP contribution in [0.2, 0.25) is 0 Å². The van der Waals surface area contributed by atoms with Crippen LogP contribution >= 0.6 is 0 Å². The Labute approximate surface area is 114 Å². The quantitative estimate of drug-likeness (QED) is 0.796. The molecule has 2 unspecified atom stereocenters. The smallest absolute Gasteiger partial charge is 0.258 e. The number of amides is 1. The van der Waals surface area contributed by atoms with Crippen molar-refractivity contribution in [3.8, 4) is 5.75 Å². The summed E-state index contributed by atoms with van der Waals surface area (Å²) in [4.78, 5) is 11.6. The van der Waals surface area contributed by atoms with Gasteiger partial charge in [-0.25, -0.2) is 0 Å². The average molecular weight is 265 g/mol. The maximum Gasteiger partial charge on any atom is 0.258 e. The number of hydrogen-bond acceptors (Lipinski definition) is 3. The van der Waals surface area contributed by atoms with Crippen LogP contribution in [0.4, 0.5) is 0 Å². The number of aliphatic hydroxyl groups is 1. The highest BCUT2D eigenvalue weighted by atomic mass is 16.5. The molecular weight excluding hydrogens is 242 g/mol. The third-order valence-corrected chi connectivity index (χ3v) is 2.86. The Bertz CT molecular complexity index is 387. The molecule has 0 spiro atoms. The minimum atomic E-state index is -0.493. The number of hydrogen-bond donors (Lipinski definition) is 2. The molecule has 19 heavy (non-hydrogen) atoms. The van der Waals surface area contributed by atoms with Crippen molar-refractivity contribution in [1.82, 2.24) is 5.32 Å². The van der Waals surface area contributed by atoms with Crippen LogP contribution in [0.15, 0.2) is 24.3 Å². The van der Waals surface area contributed by atoms with Gasteiger partial charge < -0.3 is 15.2 Å². The fourth-order valence-electron chi connectivity index (χ4n) is 1.81. The van der Waals surface area contributed by atoms with Crippen molar-refractivity contribution < 1.29 is 14.6 Å². The van der Waals surface area contributed by atoms with E-state index in [9.17, 15) is 9.90 Å². The van der Waals surface area contributed by atoms with Gasteiger partial charge in [-0.2, -0.15) is 0 Å². The lowest BCUT2D eigenvalue weighted by molar-refractivity contribution is -0.123. The highest BCUT2D eigenvalue weighted by Gasteiger charge is 2.07. The molecule has 2 N–H and O–H groups in total. The van der Waals surface area contributed by atoms with E-state index >= 15 is 0 Å². The van der Waals surface area contributed by atoms with E-state index in [2.05, 4.69) is 12.2 Å². The number of benzene rings is 1. The van der Waals surface area contributed by atoms with E-state index in [1.165, 1.54) is 0 Å². The molecule has 0 saturated carbocycles. The van der Waals surface area contributed by atoms with E-state index in [1.54, 1.807) is 31.2 Å².